The van der Waals surface area contributed by atoms with Crippen molar-refractivity contribution < 1.29 is 14.3 Å². The first-order valence-electron chi connectivity index (χ1n) is 16.7. The van der Waals surface area contributed by atoms with Crippen molar-refractivity contribution in [3.63, 3.8) is 0 Å². The Labute approximate surface area is 283 Å². The second-order valence-corrected chi connectivity index (χ2v) is 12.7. The minimum absolute atomic E-state index is 0.0315. The molecule has 0 saturated heterocycles. The fourth-order valence-electron chi connectivity index (χ4n) is 6.54. The highest BCUT2D eigenvalue weighted by atomic mass is 16.5. The highest BCUT2D eigenvalue weighted by molar-refractivity contribution is 6.07. The first kappa shape index (κ1) is 32.8. The number of aromatic nitrogens is 2. The third kappa shape index (κ3) is 7.24. The fourth-order valence-corrected chi connectivity index (χ4v) is 6.54. The van der Waals surface area contributed by atoms with Crippen molar-refractivity contribution in [1.82, 2.24) is 19.8 Å². The Bertz CT molecular complexity index is 1890. The van der Waals surface area contributed by atoms with Gasteiger partial charge >= 0.3 is 0 Å². The Kier molecular flexibility index (Phi) is 10.1. The van der Waals surface area contributed by atoms with Crippen molar-refractivity contribution in [3.8, 4) is 17.1 Å². The van der Waals surface area contributed by atoms with E-state index >= 15 is 0 Å². The van der Waals surface area contributed by atoms with E-state index < -0.39 is 0 Å². The van der Waals surface area contributed by atoms with Crippen LogP contribution in [-0.4, -0.2) is 70.9 Å². The molecule has 0 spiro atoms. The number of pyridine rings is 2. The van der Waals surface area contributed by atoms with Gasteiger partial charge in [-0.2, -0.15) is 0 Å². The van der Waals surface area contributed by atoms with Gasteiger partial charge in [0.2, 0.25) is 5.91 Å². The number of carbonyl (C=O) groups is 2. The zero-order valence-corrected chi connectivity index (χ0v) is 28.2. The first-order valence-corrected chi connectivity index (χ1v) is 16.7. The standard InChI is InChI=1S/C40H43N5O3/c1-28(2)43-21-10-22-45(38(46)25-30-16-18-32(48-4)19-17-30)39-29(3)11-9-12-31(39)27-44(24-23-43)40(47)34-26-37(36-15-7-8-20-41-36)42-35-14-6-5-13-33(34)35/h5-9,11-20,26,28H,10,21-25,27H2,1-4H3. The van der Waals surface area contributed by atoms with Crippen LogP contribution in [0.5, 0.6) is 5.75 Å². The molecule has 0 radical (unpaired) electrons. The van der Waals surface area contributed by atoms with E-state index in [1.807, 2.05) is 102 Å². The molecule has 1 aliphatic heterocycles. The number of nitrogens with zero attached hydrogens (tertiary/aromatic N) is 5. The predicted molar refractivity (Wildman–Crippen MR) is 191 cm³/mol. The van der Waals surface area contributed by atoms with Crippen LogP contribution in [0.25, 0.3) is 22.3 Å². The molecule has 0 bridgehead atoms. The molecule has 2 aromatic heterocycles. The van der Waals surface area contributed by atoms with Gasteiger partial charge in [0.05, 0.1) is 41.7 Å². The highest BCUT2D eigenvalue weighted by Crippen LogP contribution is 2.31. The Hall–Kier alpha value is -5.08. The average Bonchev–Trinajstić information content (AvgIpc) is 3.14. The molecule has 5 aromatic rings. The zero-order valence-electron chi connectivity index (χ0n) is 28.2. The Morgan fingerprint density at radius 1 is 0.854 bits per heavy atom. The smallest absolute Gasteiger partial charge is 0.254 e. The van der Waals surface area contributed by atoms with Crippen LogP contribution in [-0.2, 0) is 17.8 Å². The lowest BCUT2D eigenvalue weighted by Gasteiger charge is -2.30. The lowest BCUT2D eigenvalue weighted by molar-refractivity contribution is -0.118. The van der Waals surface area contributed by atoms with Gasteiger partial charge in [0.15, 0.2) is 0 Å². The number of hydrogen-bond donors (Lipinski definition) is 0. The van der Waals surface area contributed by atoms with Gasteiger partial charge in [0, 0.05) is 50.3 Å². The molecule has 3 heterocycles. The quantitative estimate of drug-likeness (QED) is 0.200. The average molecular weight is 642 g/mol. The maximum absolute atomic E-state index is 14.8. The first-order chi connectivity index (χ1) is 23.3. The van der Waals surface area contributed by atoms with Gasteiger partial charge < -0.3 is 14.5 Å². The SMILES string of the molecule is COc1ccc(CC(=O)N2CCCN(C(C)C)CCN(C(=O)c3cc(-c4ccccn4)nc4ccccc34)Cc3cccc(C)c32)cc1. The maximum Gasteiger partial charge on any atom is 0.254 e. The molecule has 48 heavy (non-hydrogen) atoms. The topological polar surface area (TPSA) is 78.9 Å². The third-order valence-corrected chi connectivity index (χ3v) is 9.14. The number of hydrogen-bond acceptors (Lipinski definition) is 6. The minimum Gasteiger partial charge on any atom is -0.497 e. The van der Waals surface area contributed by atoms with Crippen molar-refractivity contribution in [3.05, 3.63) is 119 Å². The second kappa shape index (κ2) is 14.8. The lowest BCUT2D eigenvalue weighted by atomic mass is 10.0. The molecule has 0 atom stereocenters. The summed E-state index contributed by atoms with van der Waals surface area (Å²) < 4.78 is 5.33. The molecule has 3 aromatic carbocycles. The van der Waals surface area contributed by atoms with Crippen molar-refractivity contribution in [2.24, 2.45) is 0 Å². The van der Waals surface area contributed by atoms with E-state index in [1.54, 1.807) is 13.3 Å². The molecule has 246 valence electrons. The lowest BCUT2D eigenvalue weighted by Crippen LogP contribution is -2.41. The predicted octanol–water partition coefficient (Wildman–Crippen LogP) is 6.95. The van der Waals surface area contributed by atoms with Crippen LogP contribution >= 0.6 is 0 Å². The third-order valence-electron chi connectivity index (χ3n) is 9.14. The Morgan fingerprint density at radius 2 is 1.65 bits per heavy atom. The van der Waals surface area contributed by atoms with Crippen LogP contribution in [0.2, 0.25) is 0 Å². The van der Waals surface area contributed by atoms with Crippen LogP contribution in [0.15, 0.2) is 97.2 Å². The molecule has 1 aliphatic rings. The van der Waals surface area contributed by atoms with Crippen molar-refractivity contribution in [2.45, 2.75) is 46.2 Å². The van der Waals surface area contributed by atoms with E-state index in [1.165, 1.54) is 0 Å². The van der Waals surface area contributed by atoms with Crippen molar-refractivity contribution in [1.29, 1.82) is 0 Å². The molecule has 8 heteroatoms. The number of ether oxygens (including phenoxy) is 1. The van der Waals surface area contributed by atoms with Crippen LogP contribution in [0.3, 0.4) is 0 Å². The zero-order chi connectivity index (χ0) is 33.6. The van der Waals surface area contributed by atoms with Crippen LogP contribution < -0.4 is 9.64 Å². The summed E-state index contributed by atoms with van der Waals surface area (Å²) in [5.74, 6) is 0.719. The van der Waals surface area contributed by atoms with E-state index in [9.17, 15) is 9.59 Å². The number of rotatable bonds is 6. The summed E-state index contributed by atoms with van der Waals surface area (Å²) in [6, 6.07) is 29.4. The molecule has 0 fully saturated rings. The molecule has 0 aliphatic carbocycles. The molecule has 0 N–H and O–H groups in total. The summed E-state index contributed by atoms with van der Waals surface area (Å²) in [6.07, 6.45) is 2.83. The molecular formula is C40H43N5O3. The van der Waals surface area contributed by atoms with E-state index in [2.05, 4.69) is 29.8 Å². The van der Waals surface area contributed by atoms with Gasteiger partial charge in [-0.25, -0.2) is 4.98 Å². The van der Waals surface area contributed by atoms with Gasteiger partial charge in [-0.15, -0.1) is 0 Å². The molecule has 0 saturated carbocycles. The number of para-hydroxylation sites is 2. The normalized spacial score (nSPS) is 14.4. The van der Waals surface area contributed by atoms with Gasteiger partial charge in [0.25, 0.3) is 5.91 Å². The van der Waals surface area contributed by atoms with Crippen LogP contribution in [0, 0.1) is 6.92 Å². The number of anilines is 1. The van der Waals surface area contributed by atoms with E-state index in [4.69, 9.17) is 9.72 Å². The number of benzene rings is 3. The maximum atomic E-state index is 14.8. The van der Waals surface area contributed by atoms with Gasteiger partial charge in [-0.05, 0) is 80.3 Å². The van der Waals surface area contributed by atoms with E-state index in [0.29, 0.717) is 36.6 Å². The molecule has 6 rings (SSSR count). The van der Waals surface area contributed by atoms with Gasteiger partial charge in [-0.1, -0.05) is 54.6 Å². The largest absolute Gasteiger partial charge is 0.497 e. The van der Waals surface area contributed by atoms with Crippen LogP contribution in [0.4, 0.5) is 5.69 Å². The second-order valence-electron chi connectivity index (χ2n) is 12.7. The summed E-state index contributed by atoms with van der Waals surface area (Å²) in [5, 5.41) is 0.804. The molecule has 8 nitrogen and oxygen atoms in total. The van der Waals surface area contributed by atoms with Gasteiger partial charge in [-0.3, -0.25) is 19.5 Å². The van der Waals surface area contributed by atoms with E-state index in [-0.39, 0.29) is 24.3 Å². The summed E-state index contributed by atoms with van der Waals surface area (Å²) in [7, 11) is 1.64. The monoisotopic (exact) mass is 641 g/mol. The summed E-state index contributed by atoms with van der Waals surface area (Å²) in [5.41, 5.74) is 6.49. The molecular weight excluding hydrogens is 598 g/mol. The Morgan fingerprint density at radius 3 is 2.40 bits per heavy atom. The Balaban J connectivity index is 1.41. The summed E-state index contributed by atoms with van der Waals surface area (Å²) in [6.45, 7) is 9.46. The number of carbonyl (C=O) groups excluding carboxylic acids is 2. The number of aryl methyl sites for hydroxylation is 1. The van der Waals surface area contributed by atoms with E-state index in [0.717, 1.165) is 58.5 Å². The fraction of sp³-hybridized carbons (Fsp3) is 0.300. The van der Waals surface area contributed by atoms with Crippen molar-refractivity contribution >= 4 is 28.4 Å². The molecule has 2 amide bonds. The summed E-state index contributed by atoms with van der Waals surface area (Å²) >= 11 is 0. The van der Waals surface area contributed by atoms with Crippen molar-refractivity contribution in [2.75, 3.05) is 38.2 Å². The number of fused-ring (bicyclic) bond motifs is 2. The number of methoxy groups -OCH3 is 1. The minimum atomic E-state index is -0.0719. The number of amides is 2. The highest BCUT2D eigenvalue weighted by Gasteiger charge is 2.27. The van der Waals surface area contributed by atoms with Crippen LogP contribution in [0.1, 0.15) is 47.3 Å². The molecule has 0 unspecified atom stereocenters. The summed E-state index contributed by atoms with van der Waals surface area (Å²) in [4.78, 5) is 44.6. The van der Waals surface area contributed by atoms with Gasteiger partial charge in [0.1, 0.15) is 5.75 Å².